The summed E-state index contributed by atoms with van der Waals surface area (Å²) in [7, 11) is 0. The van der Waals surface area contributed by atoms with E-state index in [0.29, 0.717) is 90.5 Å². The van der Waals surface area contributed by atoms with Crippen LogP contribution in [0.2, 0.25) is 0 Å². The van der Waals surface area contributed by atoms with Gasteiger partial charge in [0.2, 0.25) is 17.7 Å². The number of carbonyl (C=O) groups excluding carboxylic acids is 3. The van der Waals surface area contributed by atoms with Crippen LogP contribution in [-0.4, -0.2) is 116 Å². The summed E-state index contributed by atoms with van der Waals surface area (Å²) in [5.74, 6) is 0.235. The van der Waals surface area contributed by atoms with Gasteiger partial charge in [-0.15, -0.1) is 0 Å². The van der Waals surface area contributed by atoms with Crippen LogP contribution in [0.4, 0.5) is 0 Å². The van der Waals surface area contributed by atoms with Crippen molar-refractivity contribution in [2.75, 3.05) is 71.2 Å². The number of thiol groups is 1. The van der Waals surface area contributed by atoms with Crippen molar-refractivity contribution >= 4 is 30.4 Å². The van der Waals surface area contributed by atoms with Crippen LogP contribution < -0.4 is 26.6 Å². The van der Waals surface area contributed by atoms with Crippen LogP contribution in [0.5, 0.6) is 0 Å². The van der Waals surface area contributed by atoms with Crippen LogP contribution >= 0.6 is 12.6 Å². The molecule has 2 unspecified atom stereocenters. The molecule has 0 aromatic rings. The third kappa shape index (κ3) is 21.6. The molecule has 2 atom stereocenters. The molecule has 0 aromatic carbocycles. The van der Waals surface area contributed by atoms with Gasteiger partial charge in [0.15, 0.2) is 0 Å². The molecule has 7 N–H and O–H groups in total. The molecule has 11 nitrogen and oxygen atoms in total. The number of hydrogen-bond donors (Lipinski definition) is 8. The molecule has 0 aliphatic heterocycles. The van der Waals surface area contributed by atoms with E-state index in [9.17, 15) is 24.6 Å². The molecule has 12 heteroatoms. The topological polar surface area (TPSA) is 155 Å². The number of aliphatic hydroxyl groups is 2. The first-order valence-electron chi connectivity index (χ1n) is 12.7. The van der Waals surface area contributed by atoms with Crippen LogP contribution in [0.25, 0.3) is 0 Å². The molecule has 0 spiro atoms. The average molecular weight is 521 g/mol. The molecular weight excluding hydrogens is 472 g/mol. The maximum Gasteiger partial charge on any atom is 0.221 e. The zero-order chi connectivity index (χ0) is 26.3. The molecule has 0 heterocycles. The Morgan fingerprint density at radius 1 is 0.686 bits per heavy atom. The second-order valence-corrected chi connectivity index (χ2v) is 8.84. The summed E-state index contributed by atoms with van der Waals surface area (Å²) in [6.07, 6.45) is 1.52. The molecule has 0 aliphatic carbocycles. The van der Waals surface area contributed by atoms with Crippen molar-refractivity contribution in [3.05, 3.63) is 0 Å². The number of carbonyl (C=O) groups is 3. The predicted octanol–water partition coefficient (Wildman–Crippen LogP) is -1.54. The first kappa shape index (κ1) is 33.6. The van der Waals surface area contributed by atoms with Gasteiger partial charge in [-0.25, -0.2) is 0 Å². The number of nitrogens with one attached hydrogen (secondary N) is 5. The van der Waals surface area contributed by atoms with E-state index >= 15 is 0 Å². The summed E-state index contributed by atoms with van der Waals surface area (Å²) in [6.45, 7) is 8.83. The first-order chi connectivity index (χ1) is 16.8. The number of amides is 3. The summed E-state index contributed by atoms with van der Waals surface area (Å²) in [5.41, 5.74) is 0. The lowest BCUT2D eigenvalue weighted by Gasteiger charge is -2.22. The Kier molecular flexibility index (Phi) is 22.0. The second-order valence-electron chi connectivity index (χ2n) is 8.40. The zero-order valence-corrected chi connectivity index (χ0v) is 22.4. The summed E-state index contributed by atoms with van der Waals surface area (Å²) >= 11 is 4.05. The maximum absolute atomic E-state index is 12.2. The smallest absolute Gasteiger partial charge is 0.221 e. The van der Waals surface area contributed by atoms with Gasteiger partial charge in [0.1, 0.15) is 0 Å². The molecule has 35 heavy (non-hydrogen) atoms. The van der Waals surface area contributed by atoms with Gasteiger partial charge in [-0.05, 0) is 18.6 Å². The van der Waals surface area contributed by atoms with Crippen molar-refractivity contribution in [3.63, 3.8) is 0 Å². The number of nitrogens with zero attached hydrogens (tertiary/aromatic N) is 1. The summed E-state index contributed by atoms with van der Waals surface area (Å²) in [6, 6.07) is 0. The lowest BCUT2D eigenvalue weighted by Crippen LogP contribution is -2.40. The van der Waals surface area contributed by atoms with Gasteiger partial charge in [0, 0.05) is 84.7 Å². The third-order valence-electron chi connectivity index (χ3n) is 5.35. The Labute approximate surface area is 216 Å². The van der Waals surface area contributed by atoms with Crippen molar-refractivity contribution in [2.24, 2.45) is 0 Å². The number of hydrogen-bond acceptors (Lipinski definition) is 9. The molecule has 0 aliphatic rings. The van der Waals surface area contributed by atoms with Gasteiger partial charge in [-0.3, -0.25) is 14.4 Å². The fraction of sp³-hybridized carbons (Fsp3) is 0.870. The molecule has 3 amide bonds. The minimum absolute atomic E-state index is 0.0724. The highest BCUT2D eigenvalue weighted by Crippen LogP contribution is 1.96. The van der Waals surface area contributed by atoms with Gasteiger partial charge in [-0.1, -0.05) is 13.8 Å². The highest BCUT2D eigenvalue weighted by Gasteiger charge is 2.12. The quantitative estimate of drug-likeness (QED) is 0.0595. The fourth-order valence-electron chi connectivity index (χ4n) is 2.98. The first-order valence-corrected chi connectivity index (χ1v) is 13.4. The molecule has 0 aromatic heterocycles. The van der Waals surface area contributed by atoms with E-state index < -0.39 is 0 Å². The molecular formula is C23H48N6O5S. The van der Waals surface area contributed by atoms with Crippen LogP contribution in [0.15, 0.2) is 0 Å². The Bertz CT molecular complexity index is 537. The SMILES string of the molecule is CCC(O)CNCCNC(=O)CCN(CCNC(=O)CCS)CCC(=O)NCCNCC(O)CC. The number of rotatable bonds is 23. The van der Waals surface area contributed by atoms with Gasteiger partial charge < -0.3 is 41.7 Å². The van der Waals surface area contributed by atoms with Crippen LogP contribution in [0, 0.1) is 0 Å². The fourth-order valence-corrected chi connectivity index (χ4v) is 3.18. The largest absolute Gasteiger partial charge is 0.392 e. The zero-order valence-electron chi connectivity index (χ0n) is 21.5. The van der Waals surface area contributed by atoms with E-state index in [2.05, 4.69) is 39.2 Å². The molecule has 206 valence electrons. The Hall–Kier alpha value is -1.44. The van der Waals surface area contributed by atoms with E-state index in [4.69, 9.17) is 0 Å². The monoisotopic (exact) mass is 520 g/mol. The highest BCUT2D eigenvalue weighted by molar-refractivity contribution is 7.80. The van der Waals surface area contributed by atoms with Crippen molar-refractivity contribution in [1.82, 2.24) is 31.5 Å². The van der Waals surface area contributed by atoms with Gasteiger partial charge in [0.25, 0.3) is 0 Å². The van der Waals surface area contributed by atoms with Gasteiger partial charge >= 0.3 is 0 Å². The minimum Gasteiger partial charge on any atom is -0.392 e. The van der Waals surface area contributed by atoms with Gasteiger partial charge in [-0.2, -0.15) is 12.6 Å². The van der Waals surface area contributed by atoms with Crippen LogP contribution in [0.3, 0.4) is 0 Å². The molecule has 0 radical (unpaired) electrons. The Balaban J connectivity index is 4.30. The highest BCUT2D eigenvalue weighted by atomic mass is 32.1. The third-order valence-corrected chi connectivity index (χ3v) is 5.57. The van der Waals surface area contributed by atoms with Crippen molar-refractivity contribution in [2.45, 2.75) is 58.2 Å². The van der Waals surface area contributed by atoms with Crippen LogP contribution in [0.1, 0.15) is 46.0 Å². The lowest BCUT2D eigenvalue weighted by atomic mass is 10.3. The summed E-state index contributed by atoms with van der Waals surface area (Å²) < 4.78 is 0. The van der Waals surface area contributed by atoms with Crippen LogP contribution in [-0.2, 0) is 14.4 Å². The normalized spacial score (nSPS) is 12.9. The molecule has 0 saturated carbocycles. The minimum atomic E-state index is -0.380. The van der Waals surface area contributed by atoms with E-state index in [0.717, 1.165) is 0 Å². The molecule has 0 rings (SSSR count). The Morgan fingerprint density at radius 2 is 1.11 bits per heavy atom. The standard InChI is InChI=1S/C23H48N6O5S/c1-3-19(30)17-24-8-10-26-21(32)5-13-29(15-12-28-23(34)7-16-35)14-6-22(33)27-11-9-25-18-20(31)4-2/h19-20,24-25,30-31,35H,3-18H2,1-2H3,(H,26,32)(H,27,33)(H,28,34). The van der Waals surface area contributed by atoms with E-state index in [1.165, 1.54) is 0 Å². The lowest BCUT2D eigenvalue weighted by molar-refractivity contribution is -0.122. The second kappa shape index (κ2) is 23.0. The van der Waals surface area contributed by atoms with Crippen molar-refractivity contribution in [3.8, 4) is 0 Å². The van der Waals surface area contributed by atoms with Gasteiger partial charge in [0.05, 0.1) is 12.2 Å². The van der Waals surface area contributed by atoms with E-state index in [-0.39, 0.29) is 42.8 Å². The molecule has 0 fully saturated rings. The summed E-state index contributed by atoms with van der Waals surface area (Å²) in [5, 5.41) is 33.7. The van der Waals surface area contributed by atoms with Crippen molar-refractivity contribution in [1.29, 1.82) is 0 Å². The maximum atomic E-state index is 12.2. The molecule has 0 saturated heterocycles. The van der Waals surface area contributed by atoms with E-state index in [1.54, 1.807) is 0 Å². The number of aliphatic hydroxyl groups excluding tert-OH is 2. The average Bonchev–Trinajstić information content (AvgIpc) is 2.84. The molecule has 0 bridgehead atoms. The predicted molar refractivity (Wildman–Crippen MR) is 142 cm³/mol. The van der Waals surface area contributed by atoms with E-state index in [1.807, 2.05) is 18.7 Å². The summed E-state index contributed by atoms with van der Waals surface area (Å²) in [4.78, 5) is 38.0. The Morgan fingerprint density at radius 3 is 1.54 bits per heavy atom. The van der Waals surface area contributed by atoms with Crippen molar-refractivity contribution < 1.29 is 24.6 Å².